The summed E-state index contributed by atoms with van der Waals surface area (Å²) in [6.07, 6.45) is -3.76. The Morgan fingerprint density at radius 2 is 2.00 bits per heavy atom. The molecule has 0 aliphatic rings. The number of hydrogen-bond donors (Lipinski definition) is 2. The molecule has 2 N–H and O–H groups in total. The van der Waals surface area contributed by atoms with Gasteiger partial charge in [0.15, 0.2) is 0 Å². The van der Waals surface area contributed by atoms with E-state index >= 15 is 0 Å². The zero-order valence-electron chi connectivity index (χ0n) is 14.9. The monoisotopic (exact) mass is 368 g/mol. The molecule has 0 bridgehead atoms. The van der Waals surface area contributed by atoms with Crippen molar-refractivity contribution in [1.29, 1.82) is 0 Å². The van der Waals surface area contributed by atoms with Crippen molar-refractivity contribution in [3.8, 4) is 0 Å². The van der Waals surface area contributed by atoms with E-state index in [2.05, 4.69) is 9.88 Å². The normalized spacial score (nSPS) is 12.5. The lowest BCUT2D eigenvalue weighted by Gasteiger charge is -2.14. The van der Waals surface area contributed by atoms with Gasteiger partial charge in [-0.1, -0.05) is 0 Å². The number of ether oxygens (including phenoxy) is 1. The Kier molecular flexibility index (Phi) is 6.31. The standard InChI is InChI=1S/C18H22F2N2O4/c1-10-11(2)22(6-7-26-3)15-5-4-12(8-13(10)15)17(23)21-14(18(24)25)9-16(19)20/h4-5,8,14,16H,6-7,9H2,1-3H3,(H,21,23)(H,24,25). The summed E-state index contributed by atoms with van der Waals surface area (Å²) < 4.78 is 32.2. The Balaban J connectivity index is 2.31. The molecule has 6 nitrogen and oxygen atoms in total. The minimum atomic E-state index is -2.82. The van der Waals surface area contributed by atoms with Crippen molar-refractivity contribution >= 4 is 22.8 Å². The van der Waals surface area contributed by atoms with Crippen LogP contribution in [0.15, 0.2) is 18.2 Å². The van der Waals surface area contributed by atoms with Crippen LogP contribution in [0.5, 0.6) is 0 Å². The van der Waals surface area contributed by atoms with Crippen LogP contribution in [-0.2, 0) is 16.1 Å². The lowest BCUT2D eigenvalue weighted by Crippen LogP contribution is -2.42. The topological polar surface area (TPSA) is 80.6 Å². The third kappa shape index (κ3) is 4.19. The van der Waals surface area contributed by atoms with Gasteiger partial charge in [-0.2, -0.15) is 0 Å². The molecule has 0 aliphatic heterocycles. The number of carbonyl (C=O) groups excluding carboxylic acids is 1. The SMILES string of the molecule is COCCn1c(C)c(C)c2cc(C(=O)NC(CC(F)F)C(=O)O)ccc21. The number of carbonyl (C=O) groups is 2. The number of amides is 1. The predicted octanol–water partition coefficient (Wildman–Crippen LogP) is 2.74. The van der Waals surface area contributed by atoms with E-state index < -0.39 is 30.8 Å². The predicted molar refractivity (Wildman–Crippen MR) is 92.8 cm³/mol. The summed E-state index contributed by atoms with van der Waals surface area (Å²) in [6.45, 7) is 5.10. The summed E-state index contributed by atoms with van der Waals surface area (Å²) in [4.78, 5) is 23.4. The number of fused-ring (bicyclic) bond motifs is 1. The number of nitrogens with zero attached hydrogens (tertiary/aromatic N) is 1. The molecular weight excluding hydrogens is 346 g/mol. The Hall–Kier alpha value is -2.48. The number of carboxylic acids is 1. The second-order valence-corrected chi connectivity index (χ2v) is 6.08. The van der Waals surface area contributed by atoms with Crippen LogP contribution in [0, 0.1) is 13.8 Å². The van der Waals surface area contributed by atoms with Gasteiger partial charge in [-0.05, 0) is 37.6 Å². The maximum atomic E-state index is 12.5. The number of nitrogens with one attached hydrogen (secondary N) is 1. The van der Waals surface area contributed by atoms with Gasteiger partial charge in [0.05, 0.1) is 6.61 Å². The molecule has 0 saturated heterocycles. The molecule has 0 spiro atoms. The lowest BCUT2D eigenvalue weighted by molar-refractivity contribution is -0.140. The number of aryl methyl sites for hydroxylation is 1. The van der Waals surface area contributed by atoms with E-state index in [-0.39, 0.29) is 5.56 Å². The molecule has 0 radical (unpaired) electrons. The average molecular weight is 368 g/mol. The molecule has 0 aliphatic carbocycles. The number of rotatable bonds is 8. The highest BCUT2D eigenvalue weighted by atomic mass is 19.3. The van der Waals surface area contributed by atoms with Gasteiger partial charge in [0.1, 0.15) is 6.04 Å². The molecule has 2 rings (SSSR count). The molecule has 1 heterocycles. The third-order valence-electron chi connectivity index (χ3n) is 4.44. The van der Waals surface area contributed by atoms with E-state index in [1.54, 1.807) is 25.3 Å². The van der Waals surface area contributed by atoms with Crippen LogP contribution >= 0.6 is 0 Å². The zero-order valence-corrected chi connectivity index (χ0v) is 14.9. The highest BCUT2D eigenvalue weighted by molar-refractivity contribution is 6.00. The highest BCUT2D eigenvalue weighted by Gasteiger charge is 2.25. The van der Waals surface area contributed by atoms with E-state index in [9.17, 15) is 18.4 Å². The van der Waals surface area contributed by atoms with Crippen LogP contribution in [-0.4, -0.2) is 47.7 Å². The molecule has 1 atom stereocenters. The first-order valence-corrected chi connectivity index (χ1v) is 8.16. The van der Waals surface area contributed by atoms with Crippen molar-refractivity contribution in [2.75, 3.05) is 13.7 Å². The Morgan fingerprint density at radius 3 is 2.58 bits per heavy atom. The quantitative estimate of drug-likeness (QED) is 0.751. The van der Waals surface area contributed by atoms with E-state index in [0.29, 0.717) is 13.2 Å². The molecule has 1 unspecified atom stereocenters. The summed E-state index contributed by atoms with van der Waals surface area (Å²) in [7, 11) is 1.62. The number of methoxy groups -OCH3 is 1. The van der Waals surface area contributed by atoms with Crippen LogP contribution in [0.25, 0.3) is 10.9 Å². The summed E-state index contributed by atoms with van der Waals surface area (Å²) in [5.74, 6) is -2.18. The molecule has 26 heavy (non-hydrogen) atoms. The van der Waals surface area contributed by atoms with E-state index in [1.165, 1.54) is 0 Å². The minimum Gasteiger partial charge on any atom is -0.480 e. The summed E-state index contributed by atoms with van der Waals surface area (Å²) in [5.41, 5.74) is 3.19. The first-order chi connectivity index (χ1) is 12.3. The van der Waals surface area contributed by atoms with Crippen LogP contribution in [0.1, 0.15) is 28.0 Å². The molecule has 1 aromatic carbocycles. The Labute approximate surface area is 149 Å². The van der Waals surface area contributed by atoms with Gasteiger partial charge in [-0.3, -0.25) is 4.79 Å². The number of hydrogen-bond acceptors (Lipinski definition) is 3. The van der Waals surface area contributed by atoms with Gasteiger partial charge in [0.2, 0.25) is 6.43 Å². The van der Waals surface area contributed by atoms with Gasteiger partial charge >= 0.3 is 5.97 Å². The van der Waals surface area contributed by atoms with Gasteiger partial charge in [-0.25, -0.2) is 13.6 Å². The molecule has 0 saturated carbocycles. The fourth-order valence-electron chi connectivity index (χ4n) is 2.90. The maximum Gasteiger partial charge on any atom is 0.326 e. The molecule has 2 aromatic rings. The summed E-state index contributed by atoms with van der Waals surface area (Å²) >= 11 is 0. The number of halogens is 2. The molecule has 0 fully saturated rings. The summed E-state index contributed by atoms with van der Waals surface area (Å²) in [6, 6.07) is 3.34. The highest BCUT2D eigenvalue weighted by Crippen LogP contribution is 2.26. The molecule has 1 amide bonds. The van der Waals surface area contributed by atoms with Crippen molar-refractivity contribution < 1.29 is 28.2 Å². The largest absolute Gasteiger partial charge is 0.480 e. The minimum absolute atomic E-state index is 0.227. The van der Waals surface area contributed by atoms with Crippen molar-refractivity contribution in [2.24, 2.45) is 0 Å². The smallest absolute Gasteiger partial charge is 0.326 e. The number of carboxylic acid groups (broad SMARTS) is 1. The molecule has 1 aromatic heterocycles. The van der Waals surface area contributed by atoms with Crippen molar-refractivity contribution in [3.05, 3.63) is 35.0 Å². The van der Waals surface area contributed by atoms with Crippen LogP contribution in [0.4, 0.5) is 8.78 Å². The maximum absolute atomic E-state index is 12.5. The van der Waals surface area contributed by atoms with Gasteiger partial charge in [-0.15, -0.1) is 0 Å². The Bertz CT molecular complexity index is 817. The van der Waals surface area contributed by atoms with Crippen molar-refractivity contribution in [2.45, 2.75) is 39.3 Å². The molecular formula is C18H22F2N2O4. The summed E-state index contributed by atoms with van der Waals surface area (Å²) in [5, 5.41) is 12.0. The van der Waals surface area contributed by atoms with Gasteiger partial charge in [0, 0.05) is 42.2 Å². The van der Waals surface area contributed by atoms with Crippen LogP contribution in [0.3, 0.4) is 0 Å². The first kappa shape index (κ1) is 19.8. The third-order valence-corrected chi connectivity index (χ3v) is 4.44. The second kappa shape index (κ2) is 8.27. The number of aliphatic carboxylic acids is 1. The molecule has 142 valence electrons. The van der Waals surface area contributed by atoms with Crippen LogP contribution in [0.2, 0.25) is 0 Å². The number of benzene rings is 1. The average Bonchev–Trinajstić information content (AvgIpc) is 2.82. The first-order valence-electron chi connectivity index (χ1n) is 8.16. The Morgan fingerprint density at radius 1 is 1.31 bits per heavy atom. The van der Waals surface area contributed by atoms with E-state index in [4.69, 9.17) is 9.84 Å². The van der Waals surface area contributed by atoms with Crippen molar-refractivity contribution in [3.63, 3.8) is 0 Å². The van der Waals surface area contributed by atoms with Crippen LogP contribution < -0.4 is 5.32 Å². The van der Waals surface area contributed by atoms with E-state index in [1.807, 2.05) is 13.8 Å². The number of alkyl halides is 2. The second-order valence-electron chi connectivity index (χ2n) is 6.08. The van der Waals surface area contributed by atoms with E-state index in [0.717, 1.165) is 22.2 Å². The fourth-order valence-corrected chi connectivity index (χ4v) is 2.90. The molecule has 8 heteroatoms. The van der Waals surface area contributed by atoms with Gasteiger partial charge in [0.25, 0.3) is 5.91 Å². The zero-order chi connectivity index (χ0) is 19.4. The number of aromatic nitrogens is 1. The lowest BCUT2D eigenvalue weighted by atomic mass is 10.1. The van der Waals surface area contributed by atoms with Crippen molar-refractivity contribution in [1.82, 2.24) is 9.88 Å². The fraction of sp³-hybridized carbons (Fsp3) is 0.444. The van der Waals surface area contributed by atoms with Gasteiger partial charge < -0.3 is 19.7 Å².